The molecule has 35 heavy (non-hydrogen) atoms. The molecule has 3 amide bonds. The molecule has 0 aliphatic rings. The first-order valence-corrected chi connectivity index (χ1v) is 13.2. The molecular weight excluding hydrogens is 478 g/mol. The molecular formula is C22H41N5O7S. The van der Waals surface area contributed by atoms with Gasteiger partial charge in [0.1, 0.15) is 18.1 Å². The zero-order chi connectivity index (χ0) is 27.0. The van der Waals surface area contributed by atoms with E-state index in [2.05, 4.69) is 16.0 Å². The summed E-state index contributed by atoms with van der Waals surface area (Å²) in [4.78, 5) is 60.8. The summed E-state index contributed by atoms with van der Waals surface area (Å²) < 4.78 is 0. The molecule has 0 heterocycles. The van der Waals surface area contributed by atoms with Gasteiger partial charge >= 0.3 is 11.9 Å². The van der Waals surface area contributed by atoms with E-state index in [4.69, 9.17) is 16.6 Å². The van der Waals surface area contributed by atoms with Crippen molar-refractivity contribution in [1.82, 2.24) is 16.0 Å². The van der Waals surface area contributed by atoms with Gasteiger partial charge in [-0.1, -0.05) is 20.3 Å². The quantitative estimate of drug-likeness (QED) is 0.110. The number of hydrogen-bond acceptors (Lipinski definition) is 8. The SMILES string of the molecule is CCC(C)C(NC(=O)C(CCSC)NC(=O)C(CCCCN)NC(=O)C(N)CCC(=O)O)C(=O)O. The Morgan fingerprint density at radius 2 is 1.46 bits per heavy atom. The number of aliphatic carboxylic acids is 2. The van der Waals surface area contributed by atoms with Crippen molar-refractivity contribution in [2.24, 2.45) is 17.4 Å². The van der Waals surface area contributed by atoms with Crippen molar-refractivity contribution in [2.75, 3.05) is 18.6 Å². The molecule has 0 saturated carbocycles. The van der Waals surface area contributed by atoms with Crippen LogP contribution in [0.4, 0.5) is 0 Å². The number of amides is 3. The Balaban J connectivity index is 5.49. The third-order valence-electron chi connectivity index (χ3n) is 5.61. The van der Waals surface area contributed by atoms with Crippen LogP contribution in [0.25, 0.3) is 0 Å². The number of carboxylic acid groups (broad SMARTS) is 2. The van der Waals surface area contributed by atoms with Gasteiger partial charge in [-0.05, 0) is 56.6 Å². The van der Waals surface area contributed by atoms with E-state index >= 15 is 0 Å². The molecule has 0 aromatic rings. The highest BCUT2D eigenvalue weighted by Crippen LogP contribution is 2.10. The van der Waals surface area contributed by atoms with E-state index in [0.717, 1.165) is 0 Å². The third kappa shape index (κ3) is 13.3. The molecule has 0 aromatic heterocycles. The van der Waals surface area contributed by atoms with Crippen molar-refractivity contribution < 1.29 is 34.2 Å². The molecule has 0 aromatic carbocycles. The van der Waals surface area contributed by atoms with Crippen LogP contribution in [-0.2, 0) is 24.0 Å². The van der Waals surface area contributed by atoms with E-state index < -0.39 is 53.8 Å². The van der Waals surface area contributed by atoms with Crippen molar-refractivity contribution >= 4 is 41.4 Å². The number of carboxylic acids is 2. The predicted molar refractivity (Wildman–Crippen MR) is 134 cm³/mol. The van der Waals surface area contributed by atoms with Crippen LogP contribution in [0.1, 0.15) is 58.8 Å². The number of rotatable bonds is 19. The number of unbranched alkanes of at least 4 members (excludes halogenated alkanes) is 1. The zero-order valence-corrected chi connectivity index (χ0v) is 21.6. The van der Waals surface area contributed by atoms with Gasteiger partial charge in [-0.15, -0.1) is 0 Å². The number of nitrogens with one attached hydrogen (secondary N) is 3. The lowest BCUT2D eigenvalue weighted by molar-refractivity contribution is -0.144. The maximum Gasteiger partial charge on any atom is 0.326 e. The number of nitrogens with two attached hydrogens (primary N) is 2. The van der Waals surface area contributed by atoms with Gasteiger partial charge in [-0.3, -0.25) is 19.2 Å². The van der Waals surface area contributed by atoms with Gasteiger partial charge in [-0.2, -0.15) is 11.8 Å². The van der Waals surface area contributed by atoms with Crippen LogP contribution >= 0.6 is 11.8 Å². The summed E-state index contributed by atoms with van der Waals surface area (Å²) >= 11 is 1.46. The summed E-state index contributed by atoms with van der Waals surface area (Å²) in [6.07, 6.45) is 3.61. The fourth-order valence-corrected chi connectivity index (χ4v) is 3.64. The van der Waals surface area contributed by atoms with Crippen LogP contribution in [0.3, 0.4) is 0 Å². The van der Waals surface area contributed by atoms with Crippen molar-refractivity contribution in [3.8, 4) is 0 Å². The number of carbonyl (C=O) groups is 5. The van der Waals surface area contributed by atoms with Gasteiger partial charge in [0.25, 0.3) is 0 Å². The van der Waals surface area contributed by atoms with Crippen LogP contribution in [0.5, 0.6) is 0 Å². The average molecular weight is 520 g/mol. The van der Waals surface area contributed by atoms with Crippen LogP contribution in [-0.4, -0.2) is 82.6 Å². The molecule has 0 aliphatic carbocycles. The Morgan fingerprint density at radius 3 is 1.97 bits per heavy atom. The van der Waals surface area contributed by atoms with E-state index in [9.17, 15) is 29.1 Å². The number of hydrogen-bond donors (Lipinski definition) is 7. The van der Waals surface area contributed by atoms with Crippen LogP contribution in [0.15, 0.2) is 0 Å². The molecule has 9 N–H and O–H groups in total. The highest BCUT2D eigenvalue weighted by Gasteiger charge is 2.31. The molecule has 202 valence electrons. The van der Waals surface area contributed by atoms with E-state index in [1.165, 1.54) is 11.8 Å². The van der Waals surface area contributed by atoms with E-state index in [0.29, 0.717) is 31.6 Å². The molecule has 0 spiro atoms. The van der Waals surface area contributed by atoms with Crippen LogP contribution in [0, 0.1) is 5.92 Å². The van der Waals surface area contributed by atoms with E-state index in [1.54, 1.807) is 6.92 Å². The lowest BCUT2D eigenvalue weighted by atomic mass is 9.98. The molecule has 0 radical (unpaired) electrons. The standard InChI is InChI=1S/C22H41N5O7S/c1-4-13(2)18(22(33)34)27-21(32)16(10-12-35-3)26-20(31)15(7-5-6-11-23)25-19(30)14(24)8-9-17(28)29/h13-16,18H,4-12,23-24H2,1-3H3,(H,25,30)(H,26,31)(H,27,32)(H,28,29)(H,33,34). The summed E-state index contributed by atoms with van der Waals surface area (Å²) in [5, 5.41) is 26.0. The first-order chi connectivity index (χ1) is 16.5. The summed E-state index contributed by atoms with van der Waals surface area (Å²) in [6, 6.07) is -4.23. The normalized spacial score (nSPS) is 15.2. The summed E-state index contributed by atoms with van der Waals surface area (Å²) in [6.45, 7) is 3.92. The van der Waals surface area contributed by atoms with Crippen LogP contribution in [0.2, 0.25) is 0 Å². The monoisotopic (exact) mass is 519 g/mol. The molecule has 5 unspecified atom stereocenters. The predicted octanol–water partition coefficient (Wildman–Crippen LogP) is -0.354. The van der Waals surface area contributed by atoms with E-state index in [1.807, 2.05) is 13.2 Å². The maximum absolute atomic E-state index is 13.1. The second-order valence-electron chi connectivity index (χ2n) is 8.44. The minimum atomic E-state index is -1.16. The molecule has 0 aliphatic heterocycles. The Morgan fingerprint density at radius 1 is 0.886 bits per heavy atom. The summed E-state index contributed by atoms with van der Waals surface area (Å²) in [5.74, 6) is -3.95. The van der Waals surface area contributed by atoms with Gasteiger partial charge in [0, 0.05) is 6.42 Å². The van der Waals surface area contributed by atoms with E-state index in [-0.39, 0.29) is 31.6 Å². The largest absolute Gasteiger partial charge is 0.481 e. The lowest BCUT2D eigenvalue weighted by Gasteiger charge is -2.26. The zero-order valence-electron chi connectivity index (χ0n) is 20.7. The van der Waals surface area contributed by atoms with Crippen molar-refractivity contribution in [3.05, 3.63) is 0 Å². The fraction of sp³-hybridized carbons (Fsp3) is 0.773. The average Bonchev–Trinajstić information content (AvgIpc) is 2.81. The van der Waals surface area contributed by atoms with Gasteiger partial charge in [0.2, 0.25) is 17.7 Å². The smallest absolute Gasteiger partial charge is 0.326 e. The summed E-state index contributed by atoms with van der Waals surface area (Å²) in [5.41, 5.74) is 11.3. The Labute approximate surface area is 210 Å². The van der Waals surface area contributed by atoms with Crippen molar-refractivity contribution in [3.63, 3.8) is 0 Å². The number of thioether (sulfide) groups is 1. The summed E-state index contributed by atoms with van der Waals surface area (Å²) in [7, 11) is 0. The van der Waals surface area contributed by atoms with Gasteiger partial charge in [-0.25, -0.2) is 4.79 Å². The first-order valence-electron chi connectivity index (χ1n) is 11.8. The highest BCUT2D eigenvalue weighted by atomic mass is 32.2. The topological polar surface area (TPSA) is 214 Å². The maximum atomic E-state index is 13.1. The molecule has 0 fully saturated rings. The van der Waals surface area contributed by atoms with Gasteiger partial charge in [0.15, 0.2) is 0 Å². The van der Waals surface area contributed by atoms with Crippen molar-refractivity contribution in [1.29, 1.82) is 0 Å². The highest BCUT2D eigenvalue weighted by molar-refractivity contribution is 7.98. The molecule has 0 rings (SSSR count). The Kier molecular flexibility index (Phi) is 16.7. The second-order valence-corrected chi connectivity index (χ2v) is 9.42. The fourth-order valence-electron chi connectivity index (χ4n) is 3.16. The third-order valence-corrected chi connectivity index (χ3v) is 6.25. The Bertz CT molecular complexity index is 710. The Hall–Kier alpha value is -2.38. The number of carbonyl (C=O) groups excluding carboxylic acids is 3. The first kappa shape index (κ1) is 32.6. The van der Waals surface area contributed by atoms with Gasteiger partial charge < -0.3 is 37.6 Å². The molecule has 0 saturated heterocycles. The minimum absolute atomic E-state index is 0.0940. The molecule has 12 nitrogen and oxygen atoms in total. The van der Waals surface area contributed by atoms with Crippen LogP contribution < -0.4 is 27.4 Å². The second kappa shape index (κ2) is 18.0. The minimum Gasteiger partial charge on any atom is -0.481 e. The molecule has 0 bridgehead atoms. The van der Waals surface area contributed by atoms with Crippen molar-refractivity contribution in [2.45, 2.75) is 83.0 Å². The lowest BCUT2D eigenvalue weighted by Crippen LogP contribution is -2.57. The molecule has 13 heteroatoms. The molecule has 5 atom stereocenters. The van der Waals surface area contributed by atoms with Gasteiger partial charge in [0.05, 0.1) is 6.04 Å².